The van der Waals surface area contributed by atoms with E-state index in [-0.39, 0.29) is 19.3 Å². The average Bonchev–Trinajstić information content (AvgIpc) is 2.92. The first kappa shape index (κ1) is 15.0. The normalized spacial score (nSPS) is 20.0. The summed E-state index contributed by atoms with van der Waals surface area (Å²) in [6.45, 7) is 3.35. The Bertz CT molecular complexity index is 510. The molecule has 0 aliphatic carbocycles. The Kier molecular flexibility index (Phi) is 4.61. The second-order valence-electron chi connectivity index (χ2n) is 5.16. The highest BCUT2D eigenvalue weighted by molar-refractivity contribution is 9.10. The second-order valence-corrected chi connectivity index (χ2v) is 6.01. The molecule has 0 saturated carbocycles. The Balaban J connectivity index is 1.91. The van der Waals surface area contributed by atoms with E-state index < -0.39 is 6.43 Å². The molecule has 1 fully saturated rings. The molecule has 116 valence electrons. The highest BCUT2D eigenvalue weighted by Crippen LogP contribution is 2.41. The Labute approximate surface area is 130 Å². The Morgan fingerprint density at radius 3 is 2.52 bits per heavy atom. The van der Waals surface area contributed by atoms with Crippen LogP contribution < -0.4 is 14.8 Å². The molecule has 0 amide bonds. The molecule has 0 spiro atoms. The minimum absolute atomic E-state index is 0.179. The van der Waals surface area contributed by atoms with Crippen LogP contribution in [-0.2, 0) is 0 Å². The fraction of sp³-hybridized carbons (Fsp3) is 0.571. The van der Waals surface area contributed by atoms with Crippen molar-refractivity contribution in [2.45, 2.75) is 18.9 Å². The fourth-order valence-electron chi connectivity index (χ4n) is 2.82. The molecule has 1 aromatic carbocycles. The molecule has 0 unspecified atom stereocenters. The van der Waals surface area contributed by atoms with Crippen LogP contribution in [0.25, 0.3) is 0 Å². The predicted molar refractivity (Wildman–Crippen MR) is 78.1 cm³/mol. The van der Waals surface area contributed by atoms with Crippen LogP contribution in [0, 0.1) is 0 Å². The molecular weight excluding hydrogens is 346 g/mol. The number of benzene rings is 1. The minimum Gasteiger partial charge on any atom is -0.454 e. The summed E-state index contributed by atoms with van der Waals surface area (Å²) >= 11 is 3.48. The lowest BCUT2D eigenvalue weighted by Crippen LogP contribution is -2.45. The summed E-state index contributed by atoms with van der Waals surface area (Å²) in [7, 11) is 0. The van der Waals surface area contributed by atoms with E-state index in [1.54, 1.807) is 6.07 Å². The molecule has 1 aromatic rings. The van der Waals surface area contributed by atoms with Crippen LogP contribution in [0.5, 0.6) is 11.5 Å². The van der Waals surface area contributed by atoms with Gasteiger partial charge in [-0.1, -0.05) is 15.9 Å². The first-order valence-corrected chi connectivity index (χ1v) is 7.76. The number of halogens is 3. The SMILES string of the molecule is FC(F)C[C@@H](c1cc2c(cc1Br)OCO2)N1CCNCC1. The first-order valence-electron chi connectivity index (χ1n) is 6.97. The first-order chi connectivity index (χ1) is 10.1. The van der Waals surface area contributed by atoms with Gasteiger partial charge in [0.15, 0.2) is 11.5 Å². The molecule has 1 atom stereocenters. The van der Waals surface area contributed by atoms with Gasteiger partial charge in [-0.3, -0.25) is 4.90 Å². The summed E-state index contributed by atoms with van der Waals surface area (Å²) in [6.07, 6.45) is -2.53. The van der Waals surface area contributed by atoms with Gasteiger partial charge in [0.2, 0.25) is 13.2 Å². The summed E-state index contributed by atoms with van der Waals surface area (Å²) in [4.78, 5) is 2.10. The van der Waals surface area contributed by atoms with Gasteiger partial charge < -0.3 is 14.8 Å². The molecule has 0 bridgehead atoms. The summed E-state index contributed by atoms with van der Waals surface area (Å²) in [5.41, 5.74) is 0.835. The van der Waals surface area contributed by atoms with E-state index in [1.165, 1.54) is 0 Å². The van der Waals surface area contributed by atoms with Crippen LogP contribution in [0.2, 0.25) is 0 Å². The van der Waals surface area contributed by atoms with Gasteiger partial charge in [-0.05, 0) is 17.7 Å². The van der Waals surface area contributed by atoms with Crippen molar-refractivity contribution in [2.75, 3.05) is 33.0 Å². The number of hydrogen-bond donors (Lipinski definition) is 1. The number of rotatable bonds is 4. The van der Waals surface area contributed by atoms with Gasteiger partial charge in [0.1, 0.15) is 0 Å². The summed E-state index contributed by atoms with van der Waals surface area (Å²) < 4.78 is 37.5. The standard InChI is InChI=1S/C14H17BrF2N2O2/c15-10-6-13-12(20-8-21-13)5-9(10)11(7-14(16)17)19-3-1-18-2-4-19/h5-6,11,14,18H,1-4,7-8H2/t11-/m0/s1. The van der Waals surface area contributed by atoms with Gasteiger partial charge in [-0.2, -0.15) is 0 Å². The van der Waals surface area contributed by atoms with Crippen molar-refractivity contribution in [3.8, 4) is 11.5 Å². The summed E-state index contributed by atoms with van der Waals surface area (Å²) in [6, 6.07) is 3.30. The average molecular weight is 363 g/mol. The van der Waals surface area contributed by atoms with Gasteiger partial charge in [-0.15, -0.1) is 0 Å². The number of nitrogens with zero attached hydrogens (tertiary/aromatic N) is 1. The van der Waals surface area contributed by atoms with Crippen molar-refractivity contribution in [3.05, 3.63) is 22.2 Å². The molecule has 2 aliphatic rings. The van der Waals surface area contributed by atoms with Crippen LogP contribution in [0.4, 0.5) is 8.78 Å². The van der Waals surface area contributed by atoms with Crippen molar-refractivity contribution in [3.63, 3.8) is 0 Å². The third-order valence-electron chi connectivity index (χ3n) is 3.84. The summed E-state index contributed by atoms with van der Waals surface area (Å²) in [5.74, 6) is 1.28. The monoisotopic (exact) mass is 362 g/mol. The maximum Gasteiger partial charge on any atom is 0.240 e. The molecule has 1 N–H and O–H groups in total. The number of ether oxygens (including phenoxy) is 2. The number of piperazine rings is 1. The zero-order valence-corrected chi connectivity index (χ0v) is 13.0. The quantitative estimate of drug-likeness (QED) is 0.892. The van der Waals surface area contributed by atoms with Crippen molar-refractivity contribution in [1.82, 2.24) is 10.2 Å². The van der Waals surface area contributed by atoms with Gasteiger partial charge >= 0.3 is 0 Å². The molecule has 21 heavy (non-hydrogen) atoms. The molecule has 3 rings (SSSR count). The number of nitrogens with one attached hydrogen (secondary N) is 1. The molecule has 0 aromatic heterocycles. The maximum atomic E-state index is 13.0. The number of hydrogen-bond acceptors (Lipinski definition) is 4. The lowest BCUT2D eigenvalue weighted by atomic mass is 10.0. The van der Waals surface area contributed by atoms with Crippen LogP contribution in [0.1, 0.15) is 18.0 Å². The molecule has 2 aliphatic heterocycles. The van der Waals surface area contributed by atoms with Crippen molar-refractivity contribution in [1.29, 1.82) is 0 Å². The van der Waals surface area contributed by atoms with Gasteiger partial charge in [0, 0.05) is 43.1 Å². The molecule has 0 radical (unpaired) electrons. The van der Waals surface area contributed by atoms with Crippen molar-refractivity contribution in [2.24, 2.45) is 0 Å². The van der Waals surface area contributed by atoms with Crippen LogP contribution in [0.3, 0.4) is 0 Å². The maximum absolute atomic E-state index is 13.0. The van der Waals surface area contributed by atoms with Crippen LogP contribution in [0.15, 0.2) is 16.6 Å². The second kappa shape index (κ2) is 6.46. The van der Waals surface area contributed by atoms with E-state index in [0.29, 0.717) is 11.5 Å². The highest BCUT2D eigenvalue weighted by atomic mass is 79.9. The molecule has 7 heteroatoms. The highest BCUT2D eigenvalue weighted by Gasteiger charge is 2.29. The van der Waals surface area contributed by atoms with E-state index in [2.05, 4.69) is 26.1 Å². The third kappa shape index (κ3) is 3.30. The third-order valence-corrected chi connectivity index (χ3v) is 4.53. The van der Waals surface area contributed by atoms with E-state index in [1.807, 2.05) is 6.07 Å². The smallest absolute Gasteiger partial charge is 0.240 e. The predicted octanol–water partition coefficient (Wildman–Crippen LogP) is 2.78. The van der Waals surface area contributed by atoms with Gasteiger partial charge in [0.25, 0.3) is 0 Å². The lowest BCUT2D eigenvalue weighted by Gasteiger charge is -2.35. The number of fused-ring (bicyclic) bond motifs is 1. The Morgan fingerprint density at radius 1 is 1.19 bits per heavy atom. The molecule has 4 nitrogen and oxygen atoms in total. The molecule has 1 saturated heterocycles. The van der Waals surface area contributed by atoms with E-state index in [4.69, 9.17) is 9.47 Å². The topological polar surface area (TPSA) is 33.7 Å². The van der Waals surface area contributed by atoms with Crippen molar-refractivity contribution >= 4 is 15.9 Å². The van der Waals surface area contributed by atoms with E-state index >= 15 is 0 Å². The van der Waals surface area contributed by atoms with Crippen LogP contribution >= 0.6 is 15.9 Å². The molecular formula is C14H17BrF2N2O2. The zero-order valence-electron chi connectivity index (χ0n) is 11.4. The van der Waals surface area contributed by atoms with Crippen LogP contribution in [-0.4, -0.2) is 44.3 Å². The molecule has 2 heterocycles. The van der Waals surface area contributed by atoms with E-state index in [0.717, 1.165) is 36.2 Å². The fourth-order valence-corrected chi connectivity index (χ4v) is 3.41. The van der Waals surface area contributed by atoms with E-state index in [9.17, 15) is 8.78 Å². The van der Waals surface area contributed by atoms with Gasteiger partial charge in [0.05, 0.1) is 0 Å². The zero-order chi connectivity index (χ0) is 14.8. The van der Waals surface area contributed by atoms with Crippen molar-refractivity contribution < 1.29 is 18.3 Å². The Hall–Kier alpha value is -0.920. The minimum atomic E-state index is -2.35. The Morgan fingerprint density at radius 2 is 1.86 bits per heavy atom. The van der Waals surface area contributed by atoms with Gasteiger partial charge in [-0.25, -0.2) is 8.78 Å². The number of alkyl halides is 2. The largest absolute Gasteiger partial charge is 0.454 e. The summed E-state index contributed by atoms with van der Waals surface area (Å²) in [5, 5.41) is 3.25. The lowest BCUT2D eigenvalue weighted by molar-refractivity contribution is 0.0735.